The molecule has 28 heavy (non-hydrogen) atoms. The van der Waals surface area contributed by atoms with Crippen LogP contribution in [0, 0.1) is 19.7 Å². The van der Waals surface area contributed by atoms with Gasteiger partial charge >= 0.3 is 0 Å². The van der Waals surface area contributed by atoms with Gasteiger partial charge in [0.05, 0.1) is 17.9 Å². The molecule has 146 valence electrons. The van der Waals surface area contributed by atoms with Crippen LogP contribution in [-0.4, -0.2) is 36.6 Å². The van der Waals surface area contributed by atoms with E-state index in [0.29, 0.717) is 6.54 Å². The maximum absolute atomic E-state index is 13.2. The summed E-state index contributed by atoms with van der Waals surface area (Å²) < 4.78 is 13.2. The van der Waals surface area contributed by atoms with Crippen LogP contribution in [0.25, 0.3) is 0 Å². The molecule has 1 unspecified atom stereocenters. The average molecular weight is 381 g/mol. The lowest BCUT2D eigenvalue weighted by Crippen LogP contribution is -2.34. The summed E-state index contributed by atoms with van der Waals surface area (Å²) >= 11 is 0. The minimum Gasteiger partial charge on any atom is -0.323 e. The maximum atomic E-state index is 13.2. The topological polar surface area (TPSA) is 82.6 Å². The first-order valence-electron chi connectivity index (χ1n) is 9.56. The van der Waals surface area contributed by atoms with Crippen molar-refractivity contribution in [2.75, 3.05) is 11.9 Å². The van der Waals surface area contributed by atoms with Crippen molar-refractivity contribution >= 4 is 11.6 Å². The molecule has 1 aliphatic rings. The van der Waals surface area contributed by atoms with Crippen LogP contribution >= 0.6 is 0 Å². The number of halogens is 1. The summed E-state index contributed by atoms with van der Waals surface area (Å²) in [6.45, 7) is 5.53. The van der Waals surface area contributed by atoms with Crippen molar-refractivity contribution in [3.8, 4) is 0 Å². The second-order valence-corrected chi connectivity index (χ2v) is 7.26. The zero-order valence-electron chi connectivity index (χ0n) is 16.1. The summed E-state index contributed by atoms with van der Waals surface area (Å²) in [5, 5.41) is 10.4. The van der Waals surface area contributed by atoms with Crippen LogP contribution in [0.2, 0.25) is 0 Å². The van der Waals surface area contributed by atoms with Crippen LogP contribution in [0.1, 0.15) is 48.2 Å². The molecular formula is C20H24FN7. The smallest absolute Gasteiger partial charge is 0.153 e. The summed E-state index contributed by atoms with van der Waals surface area (Å²) in [6, 6.07) is 7.16. The van der Waals surface area contributed by atoms with Crippen LogP contribution in [0.15, 0.2) is 30.5 Å². The number of aryl methyl sites for hydroxylation is 2. The molecule has 3 aromatic rings. The van der Waals surface area contributed by atoms with E-state index in [9.17, 15) is 4.39 Å². The highest BCUT2D eigenvalue weighted by atomic mass is 19.1. The van der Waals surface area contributed by atoms with E-state index >= 15 is 0 Å². The number of anilines is 2. The monoisotopic (exact) mass is 381 g/mol. The molecule has 0 amide bonds. The summed E-state index contributed by atoms with van der Waals surface area (Å²) in [7, 11) is 0. The van der Waals surface area contributed by atoms with Gasteiger partial charge in [-0.15, -0.1) is 0 Å². The zero-order valence-corrected chi connectivity index (χ0v) is 16.1. The maximum Gasteiger partial charge on any atom is 0.153 e. The van der Waals surface area contributed by atoms with E-state index in [1.54, 1.807) is 6.07 Å². The van der Waals surface area contributed by atoms with Crippen LogP contribution in [0.4, 0.5) is 16.0 Å². The van der Waals surface area contributed by atoms with E-state index in [1.807, 2.05) is 26.0 Å². The fourth-order valence-corrected chi connectivity index (χ4v) is 3.60. The number of aromatic amines is 1. The van der Waals surface area contributed by atoms with Gasteiger partial charge in [-0.05, 0) is 45.4 Å². The van der Waals surface area contributed by atoms with Gasteiger partial charge in [-0.1, -0.05) is 6.42 Å². The second kappa shape index (κ2) is 8.02. The molecule has 1 aliphatic heterocycles. The van der Waals surface area contributed by atoms with Gasteiger partial charge < -0.3 is 5.32 Å². The molecule has 1 atom stereocenters. The van der Waals surface area contributed by atoms with Gasteiger partial charge in [0.2, 0.25) is 0 Å². The molecule has 8 heteroatoms. The molecule has 1 saturated heterocycles. The van der Waals surface area contributed by atoms with E-state index in [-0.39, 0.29) is 11.9 Å². The standard InChI is InChI=1S/C20H24FN7/c1-13-9-18(24-19-10-14(2)26-27-19)25-20(23-13)17-5-3-4-8-28(17)12-16-7-6-15(21)11-22-16/h6-7,9-11,17H,3-5,8,12H2,1-2H3,(H2,23,24,25,26,27). The molecule has 3 aromatic heterocycles. The van der Waals surface area contributed by atoms with Crippen molar-refractivity contribution in [1.82, 2.24) is 30.0 Å². The van der Waals surface area contributed by atoms with Crippen molar-refractivity contribution in [3.05, 3.63) is 59.2 Å². The Bertz CT molecular complexity index is 938. The number of piperidine rings is 1. The quantitative estimate of drug-likeness (QED) is 0.699. The second-order valence-electron chi connectivity index (χ2n) is 7.26. The minimum absolute atomic E-state index is 0.113. The largest absolute Gasteiger partial charge is 0.323 e. The molecule has 1 fully saturated rings. The van der Waals surface area contributed by atoms with E-state index in [1.165, 1.54) is 12.3 Å². The Morgan fingerprint density at radius 2 is 2.07 bits per heavy atom. The fourth-order valence-electron chi connectivity index (χ4n) is 3.60. The van der Waals surface area contributed by atoms with E-state index in [4.69, 9.17) is 9.97 Å². The molecule has 0 spiro atoms. The Kier molecular flexibility index (Phi) is 5.29. The SMILES string of the molecule is Cc1cc(Nc2cc(C)[nH]n2)nc(C2CCCCN2Cc2ccc(F)cn2)n1. The number of H-pyrrole nitrogens is 1. The van der Waals surface area contributed by atoms with E-state index < -0.39 is 0 Å². The highest BCUT2D eigenvalue weighted by Gasteiger charge is 2.27. The van der Waals surface area contributed by atoms with Gasteiger partial charge in [0.15, 0.2) is 5.82 Å². The lowest BCUT2D eigenvalue weighted by atomic mass is 10.0. The van der Waals surface area contributed by atoms with Crippen LogP contribution in [-0.2, 0) is 6.54 Å². The molecule has 0 bridgehead atoms. The van der Waals surface area contributed by atoms with Gasteiger partial charge in [0.25, 0.3) is 0 Å². The van der Waals surface area contributed by atoms with Gasteiger partial charge in [-0.2, -0.15) is 5.10 Å². The molecule has 0 saturated carbocycles. The van der Waals surface area contributed by atoms with Gasteiger partial charge in [0, 0.05) is 30.1 Å². The molecule has 0 radical (unpaired) electrons. The Morgan fingerprint density at radius 1 is 1.18 bits per heavy atom. The summed E-state index contributed by atoms with van der Waals surface area (Å²) in [5.41, 5.74) is 2.75. The lowest BCUT2D eigenvalue weighted by molar-refractivity contribution is 0.132. The van der Waals surface area contributed by atoms with Crippen molar-refractivity contribution in [2.24, 2.45) is 0 Å². The van der Waals surface area contributed by atoms with Crippen molar-refractivity contribution < 1.29 is 4.39 Å². The first-order chi connectivity index (χ1) is 13.6. The normalized spacial score (nSPS) is 17.6. The molecule has 2 N–H and O–H groups in total. The van der Waals surface area contributed by atoms with Crippen LogP contribution < -0.4 is 5.32 Å². The number of pyridine rings is 1. The Labute approximate surface area is 163 Å². The van der Waals surface area contributed by atoms with Crippen molar-refractivity contribution in [3.63, 3.8) is 0 Å². The Hall–Kier alpha value is -2.87. The third-order valence-electron chi connectivity index (χ3n) is 4.90. The third-order valence-corrected chi connectivity index (χ3v) is 4.90. The number of rotatable bonds is 5. The molecule has 4 rings (SSSR count). The van der Waals surface area contributed by atoms with Gasteiger partial charge in [-0.25, -0.2) is 14.4 Å². The Morgan fingerprint density at radius 3 is 2.82 bits per heavy atom. The third kappa shape index (κ3) is 4.33. The number of hydrogen-bond acceptors (Lipinski definition) is 6. The number of aromatic nitrogens is 5. The molecule has 0 aromatic carbocycles. The summed E-state index contributed by atoms with van der Waals surface area (Å²) in [5.74, 6) is 1.96. The molecular weight excluding hydrogens is 357 g/mol. The van der Waals surface area contributed by atoms with Crippen LogP contribution in [0.3, 0.4) is 0 Å². The van der Waals surface area contributed by atoms with E-state index in [2.05, 4.69) is 25.4 Å². The predicted molar refractivity (Wildman–Crippen MR) is 105 cm³/mol. The van der Waals surface area contributed by atoms with Crippen LogP contribution in [0.5, 0.6) is 0 Å². The van der Waals surface area contributed by atoms with Gasteiger partial charge in [-0.3, -0.25) is 15.0 Å². The summed E-state index contributed by atoms with van der Waals surface area (Å²) in [4.78, 5) is 16.0. The number of hydrogen-bond donors (Lipinski definition) is 2. The van der Waals surface area contributed by atoms with Gasteiger partial charge in [0.1, 0.15) is 17.5 Å². The number of nitrogens with one attached hydrogen (secondary N) is 2. The number of likely N-dealkylation sites (tertiary alicyclic amines) is 1. The first-order valence-corrected chi connectivity index (χ1v) is 9.56. The van der Waals surface area contributed by atoms with Crippen molar-refractivity contribution in [1.29, 1.82) is 0 Å². The fraction of sp³-hybridized carbons (Fsp3) is 0.400. The minimum atomic E-state index is -0.315. The highest BCUT2D eigenvalue weighted by molar-refractivity contribution is 5.52. The zero-order chi connectivity index (χ0) is 19.5. The predicted octanol–water partition coefficient (Wildman–Crippen LogP) is 3.82. The number of nitrogens with zero attached hydrogens (tertiary/aromatic N) is 5. The highest BCUT2D eigenvalue weighted by Crippen LogP contribution is 2.31. The molecule has 4 heterocycles. The van der Waals surface area contributed by atoms with Crippen molar-refractivity contribution in [2.45, 2.75) is 45.7 Å². The first kappa shape index (κ1) is 18.5. The molecule has 7 nitrogen and oxygen atoms in total. The lowest BCUT2D eigenvalue weighted by Gasteiger charge is -2.34. The summed E-state index contributed by atoms with van der Waals surface area (Å²) in [6.07, 6.45) is 4.52. The Balaban J connectivity index is 1.57. The van der Waals surface area contributed by atoms with E-state index in [0.717, 1.165) is 60.3 Å². The average Bonchev–Trinajstić information content (AvgIpc) is 3.08. The molecule has 0 aliphatic carbocycles.